The Morgan fingerprint density at radius 2 is 0.912 bits per heavy atom. The van der Waals surface area contributed by atoms with E-state index in [2.05, 4.69) is 15.0 Å². The molecule has 3 atom stereocenters. The summed E-state index contributed by atoms with van der Waals surface area (Å²) < 4.78 is 0. The molecular weight excluding hydrogens is 512 g/mol. The number of carbonyl (C=O) groups is 3. The van der Waals surface area contributed by atoms with Gasteiger partial charge in [-0.3, -0.25) is 0 Å². The highest BCUT2D eigenvalue weighted by atomic mass is 32.2. The molecule has 13 nitrogen and oxygen atoms in total. The average Bonchev–Trinajstić information content (AvgIpc) is 2.74. The van der Waals surface area contributed by atoms with Gasteiger partial charge in [-0.25, -0.2) is 0 Å². The molecule has 0 saturated heterocycles. The number of nitrogens with one attached hydrogen (secondary N) is 1. The first-order valence-corrected chi connectivity index (χ1v) is 12.6. The fraction of sp³-hybridized carbons (Fsp3) is 0.667. The van der Waals surface area contributed by atoms with E-state index in [-0.39, 0.29) is 35.3 Å². The molecular formula is C18H28N4O9S3-2. The van der Waals surface area contributed by atoms with Gasteiger partial charge >= 0.3 is 0 Å². The van der Waals surface area contributed by atoms with Crippen LogP contribution in [0, 0.1) is 0 Å². The van der Waals surface area contributed by atoms with Crippen molar-refractivity contribution in [3.63, 3.8) is 0 Å². The van der Waals surface area contributed by atoms with Crippen LogP contribution in [0.25, 0.3) is 0 Å². The number of rotatable bonds is 15. The van der Waals surface area contributed by atoms with Gasteiger partial charge in [0.15, 0.2) is 15.5 Å². The normalized spacial score (nSPS) is 13.5. The Labute approximate surface area is 209 Å². The summed E-state index contributed by atoms with van der Waals surface area (Å²) in [5, 5.41) is 55.2. The maximum Gasteiger partial charge on any atom is 0.193 e. The van der Waals surface area contributed by atoms with Crippen molar-refractivity contribution in [2.75, 3.05) is 39.5 Å². The number of carbonyl (C=O) groups excluding carboxylic acids is 3. The number of aromatic nitrogens is 3. The number of aliphatic hydroxyl groups is 3. The van der Waals surface area contributed by atoms with Gasteiger partial charge in [0.2, 0.25) is 0 Å². The van der Waals surface area contributed by atoms with Crippen molar-refractivity contribution < 1.29 is 49.9 Å². The molecule has 34 heavy (non-hydrogen) atoms. The van der Waals surface area contributed by atoms with Gasteiger partial charge in [0.1, 0.15) is 19.6 Å². The minimum Gasteiger partial charge on any atom is -0.549 e. The lowest BCUT2D eigenvalue weighted by Crippen LogP contribution is -3.13. The number of carboxylic acid groups (broad SMARTS) is 3. The van der Waals surface area contributed by atoms with Gasteiger partial charge < -0.3 is 49.9 Å². The van der Waals surface area contributed by atoms with Gasteiger partial charge in [-0.05, 0) is 20.8 Å². The molecule has 1 aromatic rings. The molecule has 0 bridgehead atoms. The SMILES string of the molecule is CC(Sc1nc(SC(C)C(=O)[O-])nc(SC(C)C(=O)[O-])n1)C(=O)[O-].OCC[NH+](CCO)CCO. The fourth-order valence-electron chi connectivity index (χ4n) is 1.95. The summed E-state index contributed by atoms with van der Waals surface area (Å²) in [4.78, 5) is 45.4. The third kappa shape index (κ3) is 13.9. The maximum absolute atomic E-state index is 10.8. The van der Waals surface area contributed by atoms with Gasteiger partial charge in [-0.2, -0.15) is 15.0 Å². The van der Waals surface area contributed by atoms with Crippen LogP contribution in [0.2, 0.25) is 0 Å². The highest BCUT2D eigenvalue weighted by Crippen LogP contribution is 2.28. The molecule has 1 aromatic heterocycles. The minimum absolute atomic E-state index is 0.0165. The maximum atomic E-state index is 10.8. The van der Waals surface area contributed by atoms with E-state index in [1.54, 1.807) is 0 Å². The molecule has 0 aromatic carbocycles. The van der Waals surface area contributed by atoms with Gasteiger partial charge in [0.05, 0.1) is 37.7 Å². The van der Waals surface area contributed by atoms with Crippen LogP contribution in [-0.4, -0.2) is 103 Å². The Morgan fingerprint density at radius 3 is 1.09 bits per heavy atom. The number of nitrogens with zero attached hydrogens (tertiary/aromatic N) is 3. The molecule has 16 heteroatoms. The van der Waals surface area contributed by atoms with Crippen LogP contribution in [0.15, 0.2) is 15.5 Å². The lowest BCUT2D eigenvalue weighted by Gasteiger charge is -2.15. The molecule has 4 N–H and O–H groups in total. The molecule has 1 heterocycles. The van der Waals surface area contributed by atoms with E-state index in [0.29, 0.717) is 19.6 Å². The van der Waals surface area contributed by atoms with Crippen LogP contribution < -0.4 is 20.2 Å². The van der Waals surface area contributed by atoms with Gasteiger partial charge in [0, 0.05) is 15.7 Å². The second-order valence-corrected chi connectivity index (χ2v) is 10.5. The van der Waals surface area contributed by atoms with E-state index in [1.807, 2.05) is 0 Å². The van der Waals surface area contributed by atoms with Gasteiger partial charge in [-0.1, -0.05) is 35.3 Å². The van der Waals surface area contributed by atoms with Crippen molar-refractivity contribution in [2.45, 2.75) is 52.0 Å². The Bertz CT molecular complexity index is 679. The topological polar surface area (TPSA) is 224 Å². The van der Waals surface area contributed by atoms with E-state index in [0.717, 1.165) is 40.2 Å². The lowest BCUT2D eigenvalue weighted by atomic mass is 10.4. The third-order valence-electron chi connectivity index (χ3n) is 3.81. The number of hydrogen-bond donors (Lipinski definition) is 4. The zero-order valence-electron chi connectivity index (χ0n) is 18.8. The first kappa shape index (κ1) is 32.3. The number of aliphatic carboxylic acids is 3. The summed E-state index contributed by atoms with van der Waals surface area (Å²) in [6, 6.07) is 0. The number of thioether (sulfide) groups is 3. The Morgan fingerprint density at radius 1 is 0.676 bits per heavy atom. The van der Waals surface area contributed by atoms with Crippen molar-refractivity contribution in [1.82, 2.24) is 15.0 Å². The molecule has 0 saturated carbocycles. The second kappa shape index (κ2) is 17.7. The number of quaternary nitrogens is 1. The summed E-state index contributed by atoms with van der Waals surface area (Å²) >= 11 is 2.32. The van der Waals surface area contributed by atoms with Crippen molar-refractivity contribution in [2.24, 2.45) is 0 Å². The zero-order valence-corrected chi connectivity index (χ0v) is 21.3. The van der Waals surface area contributed by atoms with E-state index in [9.17, 15) is 29.7 Å². The molecule has 194 valence electrons. The zero-order chi connectivity index (χ0) is 26.3. The summed E-state index contributed by atoms with van der Waals surface area (Å²) in [7, 11) is 0. The summed E-state index contributed by atoms with van der Waals surface area (Å²) in [5.74, 6) is -3.97. The Balaban J connectivity index is 0.000000916. The molecule has 0 amide bonds. The molecule has 0 fully saturated rings. The van der Waals surface area contributed by atoms with E-state index in [1.165, 1.54) is 20.8 Å². The van der Waals surface area contributed by atoms with E-state index >= 15 is 0 Å². The largest absolute Gasteiger partial charge is 0.549 e. The molecule has 0 aliphatic carbocycles. The average molecular weight is 541 g/mol. The number of aliphatic hydroxyl groups excluding tert-OH is 3. The van der Waals surface area contributed by atoms with Crippen molar-refractivity contribution in [3.8, 4) is 0 Å². The first-order chi connectivity index (χ1) is 15.9. The number of hydrogen-bond acceptors (Lipinski definition) is 15. The Kier molecular flexibility index (Phi) is 16.8. The predicted molar refractivity (Wildman–Crippen MR) is 118 cm³/mol. The predicted octanol–water partition coefficient (Wildman–Crippen LogP) is -5.59. The summed E-state index contributed by atoms with van der Waals surface area (Å²) in [6.45, 7) is 6.23. The first-order valence-electron chi connectivity index (χ1n) is 9.99. The molecule has 0 aliphatic heterocycles. The third-order valence-corrected chi connectivity index (χ3v) is 6.63. The summed E-state index contributed by atoms with van der Waals surface area (Å²) in [6.07, 6.45) is 0. The van der Waals surface area contributed by atoms with Crippen LogP contribution in [-0.2, 0) is 14.4 Å². The van der Waals surface area contributed by atoms with Crippen LogP contribution >= 0.6 is 35.3 Å². The molecule has 0 aliphatic rings. The van der Waals surface area contributed by atoms with E-state index < -0.39 is 33.7 Å². The van der Waals surface area contributed by atoms with Crippen molar-refractivity contribution in [1.29, 1.82) is 0 Å². The summed E-state index contributed by atoms with van der Waals surface area (Å²) in [5.41, 5.74) is 0. The molecule has 1 rings (SSSR count). The van der Waals surface area contributed by atoms with Crippen LogP contribution in [0.1, 0.15) is 20.8 Å². The Hall–Kier alpha value is -1.69. The fourth-order valence-corrected chi connectivity index (χ4v) is 4.19. The molecule has 3 unspecified atom stereocenters. The quantitative estimate of drug-likeness (QED) is 0.152. The van der Waals surface area contributed by atoms with Crippen molar-refractivity contribution in [3.05, 3.63) is 0 Å². The smallest absolute Gasteiger partial charge is 0.193 e. The van der Waals surface area contributed by atoms with E-state index in [4.69, 9.17) is 15.3 Å². The molecule has 0 radical (unpaired) electrons. The number of carboxylic acids is 3. The monoisotopic (exact) mass is 540 g/mol. The minimum atomic E-state index is -1.32. The lowest BCUT2D eigenvalue weighted by molar-refractivity contribution is -0.901. The standard InChI is InChI=1S/C12H15N3O6S3.C6H15NO3/c1-4(7(16)17)22-10-13-11(23-5(2)8(18)19)15-12(14-10)24-6(3)9(20)21;8-4-1-7(2-5-9)3-6-10/h4-6H,1-3H3,(H,16,17)(H,18,19)(H,20,21);8-10H,1-6H2/p-2. The second-order valence-electron chi connectivity index (χ2n) is 6.59. The van der Waals surface area contributed by atoms with Crippen LogP contribution in [0.3, 0.4) is 0 Å². The van der Waals surface area contributed by atoms with Gasteiger partial charge in [-0.15, -0.1) is 0 Å². The van der Waals surface area contributed by atoms with Crippen molar-refractivity contribution >= 4 is 53.2 Å². The van der Waals surface area contributed by atoms with Crippen LogP contribution in [0.4, 0.5) is 0 Å². The van der Waals surface area contributed by atoms with Gasteiger partial charge in [0.25, 0.3) is 0 Å². The van der Waals surface area contributed by atoms with Crippen LogP contribution in [0.5, 0.6) is 0 Å². The highest BCUT2D eigenvalue weighted by Gasteiger charge is 2.17. The highest BCUT2D eigenvalue weighted by molar-refractivity contribution is 8.01. The molecule has 0 spiro atoms.